The van der Waals surface area contributed by atoms with Gasteiger partial charge in [-0.3, -0.25) is 4.79 Å². The minimum atomic E-state index is -0.140. The lowest BCUT2D eigenvalue weighted by Gasteiger charge is -2.36. The van der Waals surface area contributed by atoms with Crippen LogP contribution in [0, 0.1) is 11.8 Å². The highest BCUT2D eigenvalue weighted by molar-refractivity contribution is 5.81. The lowest BCUT2D eigenvalue weighted by molar-refractivity contribution is -0.125. The minimum absolute atomic E-state index is 0.140. The van der Waals surface area contributed by atoms with Crippen molar-refractivity contribution in [3.63, 3.8) is 0 Å². The van der Waals surface area contributed by atoms with Crippen molar-refractivity contribution in [2.24, 2.45) is 11.8 Å². The number of aliphatic hydroxyl groups excluding tert-OH is 1. The van der Waals surface area contributed by atoms with E-state index in [1.165, 1.54) is 6.42 Å². The smallest absolute Gasteiger partial charge is 0.137 e. The second kappa shape index (κ2) is 5.28. The van der Waals surface area contributed by atoms with E-state index in [0.29, 0.717) is 11.7 Å². The Balaban J connectivity index is 1.82. The van der Waals surface area contributed by atoms with Gasteiger partial charge in [-0.25, -0.2) is 0 Å². The average molecular weight is 225 g/mol. The van der Waals surface area contributed by atoms with E-state index in [1.807, 2.05) is 0 Å². The lowest BCUT2D eigenvalue weighted by atomic mass is 9.86. The summed E-state index contributed by atoms with van der Waals surface area (Å²) in [5, 5.41) is 9.66. The van der Waals surface area contributed by atoms with Crippen LogP contribution in [0.5, 0.6) is 0 Å². The summed E-state index contributed by atoms with van der Waals surface area (Å²) in [6.45, 7) is 4.93. The molecule has 1 N–H and O–H groups in total. The Labute approximate surface area is 97.8 Å². The van der Waals surface area contributed by atoms with Crippen molar-refractivity contribution in [1.82, 2.24) is 4.90 Å². The maximum absolute atomic E-state index is 11.7. The van der Waals surface area contributed by atoms with E-state index in [4.69, 9.17) is 0 Å². The molecular weight excluding hydrogens is 202 g/mol. The van der Waals surface area contributed by atoms with Crippen molar-refractivity contribution in [2.75, 3.05) is 19.6 Å². The van der Waals surface area contributed by atoms with Gasteiger partial charge in [-0.15, -0.1) is 0 Å². The summed E-state index contributed by atoms with van der Waals surface area (Å²) in [6.07, 6.45) is 4.89. The van der Waals surface area contributed by atoms with E-state index in [-0.39, 0.29) is 12.0 Å². The van der Waals surface area contributed by atoms with Gasteiger partial charge in [-0.1, -0.05) is 13.3 Å². The summed E-state index contributed by atoms with van der Waals surface area (Å²) in [6, 6.07) is 0. The normalized spacial score (nSPS) is 37.6. The molecule has 0 radical (unpaired) electrons. The minimum Gasteiger partial charge on any atom is -0.393 e. The second-order valence-electron chi connectivity index (χ2n) is 5.50. The number of hydrogen-bond acceptors (Lipinski definition) is 3. The zero-order chi connectivity index (χ0) is 11.5. The van der Waals surface area contributed by atoms with Crippen molar-refractivity contribution >= 4 is 5.78 Å². The Morgan fingerprint density at radius 2 is 2.19 bits per heavy atom. The summed E-state index contributed by atoms with van der Waals surface area (Å²) < 4.78 is 0. The lowest BCUT2D eigenvalue weighted by Crippen LogP contribution is -2.45. The molecule has 2 aliphatic rings. The molecule has 3 unspecified atom stereocenters. The number of rotatable bonds is 2. The zero-order valence-corrected chi connectivity index (χ0v) is 10.2. The number of carbonyl (C=O) groups excluding carboxylic acids is 1. The molecule has 0 aromatic rings. The van der Waals surface area contributed by atoms with Gasteiger partial charge in [0.15, 0.2) is 0 Å². The highest BCUT2D eigenvalue weighted by Crippen LogP contribution is 2.24. The van der Waals surface area contributed by atoms with Gasteiger partial charge in [0, 0.05) is 32.0 Å². The Morgan fingerprint density at radius 3 is 2.88 bits per heavy atom. The van der Waals surface area contributed by atoms with Crippen LogP contribution in [0.4, 0.5) is 0 Å². The average Bonchev–Trinajstić information content (AvgIpc) is 2.27. The summed E-state index contributed by atoms with van der Waals surface area (Å²) >= 11 is 0. The second-order valence-corrected chi connectivity index (χ2v) is 5.50. The van der Waals surface area contributed by atoms with E-state index >= 15 is 0 Å². The molecule has 1 saturated heterocycles. The molecule has 0 aromatic carbocycles. The van der Waals surface area contributed by atoms with Crippen LogP contribution >= 0.6 is 0 Å². The third-order valence-electron chi connectivity index (χ3n) is 4.10. The van der Waals surface area contributed by atoms with Crippen molar-refractivity contribution in [3.05, 3.63) is 0 Å². The predicted molar refractivity (Wildman–Crippen MR) is 63.2 cm³/mol. The molecular formula is C13H23NO2. The van der Waals surface area contributed by atoms with Crippen molar-refractivity contribution in [2.45, 2.75) is 45.1 Å². The van der Waals surface area contributed by atoms with Crippen LogP contribution in [0.15, 0.2) is 0 Å². The molecule has 3 heteroatoms. The molecule has 0 bridgehead atoms. The highest BCUT2D eigenvalue weighted by Gasteiger charge is 2.29. The molecule has 2 rings (SSSR count). The van der Waals surface area contributed by atoms with Crippen LogP contribution in [0.3, 0.4) is 0 Å². The first-order valence-corrected chi connectivity index (χ1v) is 6.60. The molecule has 0 aromatic heterocycles. The molecule has 3 atom stereocenters. The van der Waals surface area contributed by atoms with E-state index in [2.05, 4.69) is 11.8 Å². The summed E-state index contributed by atoms with van der Waals surface area (Å²) in [5.41, 5.74) is 0. The third kappa shape index (κ3) is 2.83. The number of carbonyl (C=O) groups is 1. The van der Waals surface area contributed by atoms with Crippen LogP contribution in [0.2, 0.25) is 0 Å². The fraction of sp³-hybridized carbons (Fsp3) is 0.923. The monoisotopic (exact) mass is 225 g/mol. The first-order valence-electron chi connectivity index (χ1n) is 6.60. The maximum Gasteiger partial charge on any atom is 0.137 e. The SMILES string of the molecule is CC1CN(CC2CCCCC2=O)CCC1O. The van der Waals surface area contributed by atoms with Crippen molar-refractivity contribution < 1.29 is 9.90 Å². The van der Waals surface area contributed by atoms with Crippen LogP contribution in [-0.2, 0) is 4.79 Å². The number of ketones is 1. The molecule has 0 amide bonds. The first kappa shape index (κ1) is 12.1. The van der Waals surface area contributed by atoms with Crippen LogP contribution < -0.4 is 0 Å². The molecule has 1 heterocycles. The topological polar surface area (TPSA) is 40.5 Å². The number of hydrogen-bond donors (Lipinski definition) is 1. The maximum atomic E-state index is 11.7. The molecule has 1 aliphatic heterocycles. The van der Waals surface area contributed by atoms with E-state index in [0.717, 1.165) is 45.3 Å². The molecule has 16 heavy (non-hydrogen) atoms. The summed E-state index contributed by atoms with van der Waals surface area (Å²) in [7, 11) is 0. The van der Waals surface area contributed by atoms with E-state index in [9.17, 15) is 9.90 Å². The van der Waals surface area contributed by atoms with Gasteiger partial charge in [0.05, 0.1) is 6.10 Å². The molecule has 92 valence electrons. The predicted octanol–water partition coefficient (Wildman–Crippen LogP) is 1.45. The van der Waals surface area contributed by atoms with Gasteiger partial charge < -0.3 is 10.0 Å². The van der Waals surface area contributed by atoms with Gasteiger partial charge in [-0.05, 0) is 25.2 Å². The largest absolute Gasteiger partial charge is 0.393 e. The highest BCUT2D eigenvalue weighted by atomic mass is 16.3. The van der Waals surface area contributed by atoms with Gasteiger partial charge in [0.25, 0.3) is 0 Å². The van der Waals surface area contributed by atoms with Gasteiger partial charge in [0.1, 0.15) is 5.78 Å². The number of nitrogens with zero attached hydrogens (tertiary/aromatic N) is 1. The zero-order valence-electron chi connectivity index (χ0n) is 10.2. The molecule has 0 spiro atoms. The van der Waals surface area contributed by atoms with Gasteiger partial charge in [-0.2, -0.15) is 0 Å². The number of likely N-dealkylation sites (tertiary alicyclic amines) is 1. The Bertz CT molecular complexity index is 254. The fourth-order valence-corrected chi connectivity index (χ4v) is 2.95. The Morgan fingerprint density at radius 1 is 1.38 bits per heavy atom. The van der Waals surface area contributed by atoms with E-state index < -0.39 is 0 Å². The summed E-state index contributed by atoms with van der Waals surface area (Å²) in [4.78, 5) is 14.1. The summed E-state index contributed by atoms with van der Waals surface area (Å²) in [5.74, 6) is 1.09. The van der Waals surface area contributed by atoms with Crippen LogP contribution in [-0.4, -0.2) is 41.5 Å². The fourth-order valence-electron chi connectivity index (χ4n) is 2.95. The quantitative estimate of drug-likeness (QED) is 0.773. The van der Waals surface area contributed by atoms with Crippen molar-refractivity contribution in [1.29, 1.82) is 0 Å². The first-order chi connectivity index (χ1) is 7.66. The molecule has 1 saturated carbocycles. The number of piperidine rings is 1. The number of aliphatic hydroxyl groups is 1. The third-order valence-corrected chi connectivity index (χ3v) is 4.10. The van der Waals surface area contributed by atoms with Crippen LogP contribution in [0.25, 0.3) is 0 Å². The standard InChI is InChI=1S/C13H23NO2/c1-10-8-14(7-6-12(10)15)9-11-4-2-3-5-13(11)16/h10-12,15H,2-9H2,1H3. The Hall–Kier alpha value is -0.410. The van der Waals surface area contributed by atoms with Crippen molar-refractivity contribution in [3.8, 4) is 0 Å². The Kier molecular flexibility index (Phi) is 3.98. The number of Topliss-reactive ketones (excluding diaryl/α,β-unsaturated/α-hetero) is 1. The van der Waals surface area contributed by atoms with Gasteiger partial charge in [0.2, 0.25) is 0 Å². The van der Waals surface area contributed by atoms with Gasteiger partial charge >= 0.3 is 0 Å². The van der Waals surface area contributed by atoms with Crippen LogP contribution in [0.1, 0.15) is 39.0 Å². The molecule has 2 fully saturated rings. The molecule has 1 aliphatic carbocycles. The van der Waals surface area contributed by atoms with E-state index in [1.54, 1.807) is 0 Å². The molecule has 3 nitrogen and oxygen atoms in total.